The minimum absolute atomic E-state index is 0.0869. The molecule has 0 aliphatic heterocycles. The molecule has 3 rings (SSSR count). The van der Waals surface area contributed by atoms with Crippen molar-refractivity contribution in [3.63, 3.8) is 0 Å². The van der Waals surface area contributed by atoms with Crippen LogP contribution >= 0.6 is 0 Å². The third-order valence-corrected chi connectivity index (χ3v) is 4.94. The van der Waals surface area contributed by atoms with E-state index < -0.39 is 0 Å². The zero-order valence-corrected chi connectivity index (χ0v) is 16.4. The second-order valence-corrected chi connectivity index (χ2v) is 7.12. The molecule has 0 spiro atoms. The summed E-state index contributed by atoms with van der Waals surface area (Å²) in [4.78, 5) is 15.3. The highest BCUT2D eigenvalue weighted by atomic mass is 16.1. The van der Waals surface area contributed by atoms with Crippen LogP contribution in [0.5, 0.6) is 0 Å². The van der Waals surface area contributed by atoms with Gasteiger partial charge in [-0.1, -0.05) is 42.0 Å². The summed E-state index contributed by atoms with van der Waals surface area (Å²) in [7, 11) is 6.20. The SMILES string of the molecule is Cc1ccc(C(c2ccc(N(C)C)cc2)N(C)c2ccc(C=O)cc2)cc1. The van der Waals surface area contributed by atoms with Crippen molar-refractivity contribution in [2.75, 3.05) is 30.9 Å². The topological polar surface area (TPSA) is 23.6 Å². The summed E-state index contributed by atoms with van der Waals surface area (Å²) in [6.07, 6.45) is 0.876. The first-order valence-electron chi connectivity index (χ1n) is 9.11. The van der Waals surface area contributed by atoms with E-state index in [-0.39, 0.29) is 6.04 Å². The summed E-state index contributed by atoms with van der Waals surface area (Å²) in [5.74, 6) is 0. The van der Waals surface area contributed by atoms with Gasteiger partial charge in [0.1, 0.15) is 6.29 Å². The smallest absolute Gasteiger partial charge is 0.150 e. The number of carbonyl (C=O) groups is 1. The molecular weight excluding hydrogens is 332 g/mol. The van der Waals surface area contributed by atoms with Gasteiger partial charge in [-0.3, -0.25) is 4.79 Å². The fourth-order valence-electron chi connectivity index (χ4n) is 3.28. The van der Waals surface area contributed by atoms with Crippen molar-refractivity contribution in [1.29, 1.82) is 0 Å². The van der Waals surface area contributed by atoms with E-state index in [1.807, 2.05) is 38.4 Å². The average Bonchev–Trinajstić information content (AvgIpc) is 2.70. The van der Waals surface area contributed by atoms with Gasteiger partial charge in [0.25, 0.3) is 0 Å². The Morgan fingerprint density at radius 1 is 0.704 bits per heavy atom. The molecule has 0 bridgehead atoms. The van der Waals surface area contributed by atoms with E-state index in [4.69, 9.17) is 0 Å². The molecule has 3 aromatic carbocycles. The van der Waals surface area contributed by atoms with Gasteiger partial charge in [0.2, 0.25) is 0 Å². The van der Waals surface area contributed by atoms with E-state index >= 15 is 0 Å². The number of aldehydes is 1. The van der Waals surface area contributed by atoms with E-state index in [9.17, 15) is 4.79 Å². The molecule has 3 aromatic rings. The second kappa shape index (κ2) is 8.09. The van der Waals surface area contributed by atoms with Gasteiger partial charge < -0.3 is 9.80 Å². The normalized spacial score (nSPS) is 11.7. The zero-order chi connectivity index (χ0) is 19.4. The summed E-state index contributed by atoms with van der Waals surface area (Å²) in [6, 6.07) is 25.2. The van der Waals surface area contributed by atoms with Crippen LogP contribution in [0.15, 0.2) is 72.8 Å². The Labute approximate surface area is 161 Å². The van der Waals surface area contributed by atoms with Gasteiger partial charge in [0, 0.05) is 38.1 Å². The summed E-state index contributed by atoms with van der Waals surface area (Å²) in [5, 5.41) is 0. The predicted molar refractivity (Wildman–Crippen MR) is 114 cm³/mol. The van der Waals surface area contributed by atoms with Crippen LogP contribution in [-0.4, -0.2) is 27.4 Å². The maximum absolute atomic E-state index is 11.0. The molecule has 138 valence electrons. The number of hydrogen-bond acceptors (Lipinski definition) is 3. The Kier molecular flexibility index (Phi) is 5.60. The Morgan fingerprint density at radius 2 is 1.19 bits per heavy atom. The van der Waals surface area contributed by atoms with Crippen molar-refractivity contribution in [3.05, 3.63) is 95.1 Å². The van der Waals surface area contributed by atoms with Gasteiger partial charge >= 0.3 is 0 Å². The highest BCUT2D eigenvalue weighted by molar-refractivity contribution is 5.75. The zero-order valence-electron chi connectivity index (χ0n) is 16.4. The Hall–Kier alpha value is -3.07. The van der Waals surface area contributed by atoms with E-state index in [0.29, 0.717) is 5.56 Å². The van der Waals surface area contributed by atoms with Crippen molar-refractivity contribution in [2.45, 2.75) is 13.0 Å². The fraction of sp³-hybridized carbons (Fsp3) is 0.208. The first-order valence-corrected chi connectivity index (χ1v) is 9.11. The van der Waals surface area contributed by atoms with E-state index in [1.54, 1.807) is 0 Å². The molecule has 0 radical (unpaired) electrons. The summed E-state index contributed by atoms with van der Waals surface area (Å²) in [6.45, 7) is 2.10. The molecule has 3 heteroatoms. The number of hydrogen-bond donors (Lipinski definition) is 0. The van der Waals surface area contributed by atoms with Crippen molar-refractivity contribution in [3.8, 4) is 0 Å². The van der Waals surface area contributed by atoms with Gasteiger partial charge in [-0.05, 0) is 54.4 Å². The molecule has 1 unspecified atom stereocenters. The Balaban J connectivity index is 2.02. The first-order chi connectivity index (χ1) is 13.0. The van der Waals surface area contributed by atoms with Crippen LogP contribution in [0.4, 0.5) is 11.4 Å². The number of anilines is 2. The van der Waals surface area contributed by atoms with E-state index in [1.165, 1.54) is 22.4 Å². The van der Waals surface area contributed by atoms with Gasteiger partial charge in [-0.25, -0.2) is 0 Å². The lowest BCUT2D eigenvalue weighted by Gasteiger charge is -2.31. The van der Waals surface area contributed by atoms with Crippen LogP contribution < -0.4 is 9.80 Å². The average molecular weight is 358 g/mol. The number of nitrogens with zero attached hydrogens (tertiary/aromatic N) is 2. The number of carbonyl (C=O) groups excluding carboxylic acids is 1. The van der Waals surface area contributed by atoms with E-state index in [2.05, 4.69) is 72.3 Å². The molecule has 3 nitrogen and oxygen atoms in total. The lowest BCUT2D eigenvalue weighted by Crippen LogP contribution is -2.25. The maximum atomic E-state index is 11.0. The lowest BCUT2D eigenvalue weighted by atomic mass is 9.95. The lowest BCUT2D eigenvalue weighted by molar-refractivity contribution is 0.112. The van der Waals surface area contributed by atoms with Crippen molar-refractivity contribution >= 4 is 17.7 Å². The molecule has 0 aromatic heterocycles. The van der Waals surface area contributed by atoms with E-state index in [0.717, 1.165) is 12.0 Å². The predicted octanol–water partition coefficient (Wildman–Crippen LogP) is 5.10. The molecule has 0 amide bonds. The van der Waals surface area contributed by atoms with Crippen molar-refractivity contribution in [2.24, 2.45) is 0 Å². The maximum Gasteiger partial charge on any atom is 0.150 e. The van der Waals surface area contributed by atoms with Crippen LogP contribution in [0, 0.1) is 6.92 Å². The minimum Gasteiger partial charge on any atom is -0.378 e. The van der Waals surface area contributed by atoms with Crippen LogP contribution in [0.3, 0.4) is 0 Å². The highest BCUT2D eigenvalue weighted by Gasteiger charge is 2.20. The van der Waals surface area contributed by atoms with Gasteiger partial charge in [0.05, 0.1) is 6.04 Å². The number of rotatable bonds is 6. The largest absolute Gasteiger partial charge is 0.378 e. The Morgan fingerprint density at radius 3 is 1.67 bits per heavy atom. The molecule has 27 heavy (non-hydrogen) atoms. The van der Waals surface area contributed by atoms with Crippen LogP contribution in [0.2, 0.25) is 0 Å². The number of benzene rings is 3. The molecule has 0 aliphatic rings. The standard InChI is InChI=1S/C24H26N2O/c1-18-5-9-20(10-6-18)24(21-11-15-22(16-12-21)25(2)3)26(4)23-13-7-19(17-27)8-14-23/h5-17,24H,1-4H3. The minimum atomic E-state index is 0.0869. The molecule has 0 N–H and O–H groups in total. The van der Waals surface area contributed by atoms with Gasteiger partial charge in [-0.2, -0.15) is 0 Å². The van der Waals surface area contributed by atoms with Crippen molar-refractivity contribution < 1.29 is 4.79 Å². The quantitative estimate of drug-likeness (QED) is 0.573. The summed E-state index contributed by atoms with van der Waals surface area (Å²) >= 11 is 0. The van der Waals surface area contributed by atoms with Gasteiger partial charge in [0.15, 0.2) is 0 Å². The molecule has 1 atom stereocenters. The number of aryl methyl sites for hydroxylation is 1. The molecule has 0 fully saturated rings. The Bertz CT molecular complexity index is 881. The summed E-state index contributed by atoms with van der Waals surface area (Å²) < 4.78 is 0. The third-order valence-electron chi connectivity index (χ3n) is 4.94. The van der Waals surface area contributed by atoms with Crippen LogP contribution in [0.25, 0.3) is 0 Å². The molecule has 0 aliphatic carbocycles. The second-order valence-electron chi connectivity index (χ2n) is 7.12. The highest BCUT2D eigenvalue weighted by Crippen LogP contribution is 2.32. The van der Waals surface area contributed by atoms with Crippen LogP contribution in [-0.2, 0) is 0 Å². The molecular formula is C24H26N2O. The molecule has 0 saturated heterocycles. The summed E-state index contributed by atoms with van der Waals surface area (Å²) in [5.41, 5.74) is 6.65. The van der Waals surface area contributed by atoms with Gasteiger partial charge in [-0.15, -0.1) is 0 Å². The monoisotopic (exact) mass is 358 g/mol. The van der Waals surface area contributed by atoms with Crippen molar-refractivity contribution in [1.82, 2.24) is 0 Å². The first kappa shape index (κ1) is 18.7. The third kappa shape index (κ3) is 4.20. The molecule has 0 heterocycles. The van der Waals surface area contributed by atoms with Crippen LogP contribution in [0.1, 0.15) is 33.1 Å². The fourth-order valence-corrected chi connectivity index (χ4v) is 3.28. The molecule has 0 saturated carbocycles.